The van der Waals surface area contributed by atoms with Gasteiger partial charge in [-0.1, -0.05) is 0 Å². The van der Waals surface area contributed by atoms with Gasteiger partial charge in [0.2, 0.25) is 0 Å². The van der Waals surface area contributed by atoms with Crippen molar-refractivity contribution in [3.63, 3.8) is 0 Å². The van der Waals surface area contributed by atoms with E-state index in [-0.39, 0.29) is 43.0 Å². The van der Waals surface area contributed by atoms with Crippen molar-refractivity contribution in [2.75, 3.05) is 0 Å². The van der Waals surface area contributed by atoms with Gasteiger partial charge in [-0.3, -0.25) is 0 Å². The molecule has 0 aliphatic carbocycles. The zero-order chi connectivity index (χ0) is 14.3. The van der Waals surface area contributed by atoms with Gasteiger partial charge in [0, 0.05) is 0 Å². The fraction of sp³-hybridized carbons (Fsp3) is 0. The van der Waals surface area contributed by atoms with Crippen molar-refractivity contribution in [2.45, 2.75) is 0 Å². The molecule has 0 unspecified atom stereocenters. The van der Waals surface area contributed by atoms with E-state index in [0.29, 0.717) is 0 Å². The Hall–Kier alpha value is -2.67. The van der Waals surface area contributed by atoms with E-state index in [0.717, 1.165) is 0 Å². The third kappa shape index (κ3) is 570. The maximum absolute atomic E-state index is 8.25. The van der Waals surface area contributed by atoms with Gasteiger partial charge in [-0.25, -0.2) is 0 Å². The van der Waals surface area contributed by atoms with E-state index in [1.54, 1.807) is 0 Å². The molecule has 0 fully saturated rings. The van der Waals surface area contributed by atoms with Gasteiger partial charge >= 0.3 is 21.1 Å². The molecule has 0 bridgehead atoms. The Morgan fingerprint density at radius 1 is 0.381 bits per heavy atom. The van der Waals surface area contributed by atoms with E-state index >= 15 is 0 Å². The van der Waals surface area contributed by atoms with Gasteiger partial charge in [-0.05, 0) is 0 Å². The molecule has 0 saturated carbocycles. The number of nitrogens with zero attached hydrogens (tertiary/aromatic N) is 4. The molecule has 0 aliphatic heterocycles. The van der Waals surface area contributed by atoms with Gasteiger partial charge in [0.25, 0.3) is 0 Å². The van der Waals surface area contributed by atoms with Crippen molar-refractivity contribution in [1.29, 1.82) is 0 Å². The summed E-state index contributed by atoms with van der Waals surface area (Å²) < 4.78 is 0. The first kappa shape index (κ1) is 63.2. The zero-order valence-corrected chi connectivity index (χ0v) is 11.1. The molecule has 0 amide bonds. The van der Waals surface area contributed by atoms with Crippen LogP contribution in [0.4, 0.5) is 0 Å². The second kappa shape index (κ2) is 53.1. The van der Waals surface area contributed by atoms with Crippen molar-refractivity contribution >= 4 is 0 Å². The first-order chi connectivity index (χ1) is 6.93. The molecule has 21 heteroatoms. The molecular formula is H8MoN4O16. The van der Waals surface area contributed by atoms with Crippen molar-refractivity contribution in [3.05, 3.63) is 61.3 Å². The molecule has 0 spiro atoms. The summed E-state index contributed by atoms with van der Waals surface area (Å²) in [6.07, 6.45) is 0. The van der Waals surface area contributed by atoms with Gasteiger partial charge in [-0.2, -0.15) is 0 Å². The Balaban J connectivity index is -0.0000000121. The second-order valence-corrected chi connectivity index (χ2v) is 0.894. The Kier molecular flexibility index (Phi) is 160. The normalized spacial score (nSPS) is 4.57. The van der Waals surface area contributed by atoms with Crippen LogP contribution in [0.1, 0.15) is 0 Å². The van der Waals surface area contributed by atoms with Crippen molar-refractivity contribution in [1.82, 2.24) is 0 Å². The van der Waals surface area contributed by atoms with E-state index in [1.807, 2.05) is 0 Å². The third-order valence-electron chi connectivity index (χ3n) is 0. The van der Waals surface area contributed by atoms with Crippen LogP contribution in [0.2, 0.25) is 0 Å². The Labute approximate surface area is 125 Å². The summed E-state index contributed by atoms with van der Waals surface area (Å²) in [4.78, 5) is 33.0. The van der Waals surface area contributed by atoms with E-state index in [2.05, 4.69) is 0 Å². The predicted molar refractivity (Wildman–Crippen MR) is 55.9 cm³/mol. The van der Waals surface area contributed by atoms with Crippen molar-refractivity contribution < 1.29 is 63.3 Å². The number of hydrogen-bond acceptors (Lipinski definition) is 12. The van der Waals surface area contributed by atoms with Crippen LogP contribution in [0, 0.1) is 61.3 Å². The van der Waals surface area contributed by atoms with E-state index in [9.17, 15) is 0 Å². The minimum absolute atomic E-state index is 0. The van der Waals surface area contributed by atoms with Crippen LogP contribution in [-0.2, 0) is 21.1 Å². The van der Waals surface area contributed by atoms with E-state index < -0.39 is 20.3 Å². The van der Waals surface area contributed by atoms with Crippen LogP contribution in [0.25, 0.3) is 0 Å². The molecule has 0 atom stereocenters. The van der Waals surface area contributed by atoms with Crippen molar-refractivity contribution in [3.8, 4) is 0 Å². The SMILES string of the molecule is O.O.O.O.O=[N+]([O-])[O-].O=[N+]([O-])[O-].O=[N+]([O-])[O-].O=[N+]([O-])[O-].[Mo+4]. The molecule has 8 N–H and O–H groups in total. The summed E-state index contributed by atoms with van der Waals surface area (Å²) in [6.45, 7) is 0. The standard InChI is InChI=1S/Mo.4NO3.4H2O/c;4*2-1(3)4;;;;/h;;;;;4*1H2/q+4;4*-1;;;;. The average Bonchev–Trinajstić information content (AvgIpc) is 1.76. The minimum Gasteiger partial charge on any atom is -0.412 e. The van der Waals surface area contributed by atoms with Crippen LogP contribution in [0.3, 0.4) is 0 Å². The fourth-order valence-corrected chi connectivity index (χ4v) is 0. The quantitative estimate of drug-likeness (QED) is 0.206. The van der Waals surface area contributed by atoms with Gasteiger partial charge in [0.15, 0.2) is 0 Å². The minimum atomic E-state index is -1.75. The molecule has 21 heavy (non-hydrogen) atoms. The average molecular weight is 416 g/mol. The summed E-state index contributed by atoms with van der Waals surface area (Å²) in [5, 5.41) is 59.0. The molecule has 130 valence electrons. The Morgan fingerprint density at radius 3 is 0.381 bits per heavy atom. The summed E-state index contributed by atoms with van der Waals surface area (Å²) in [5.74, 6) is 0. The molecule has 0 rings (SSSR count). The van der Waals surface area contributed by atoms with Gasteiger partial charge in [-0.15, -0.1) is 0 Å². The molecule has 0 aromatic rings. The molecule has 0 saturated heterocycles. The smallest absolute Gasteiger partial charge is 0.412 e. The van der Waals surface area contributed by atoms with E-state index in [4.69, 9.17) is 61.3 Å². The molecular weight excluding hydrogens is 408 g/mol. The summed E-state index contributed by atoms with van der Waals surface area (Å²) in [5.41, 5.74) is 0. The molecule has 20 nitrogen and oxygen atoms in total. The molecule has 0 radical (unpaired) electrons. The summed E-state index contributed by atoms with van der Waals surface area (Å²) in [7, 11) is 0. The summed E-state index contributed by atoms with van der Waals surface area (Å²) >= 11 is 0. The number of hydrogen-bond donors (Lipinski definition) is 0. The van der Waals surface area contributed by atoms with Gasteiger partial charge in [0.1, 0.15) is 0 Å². The maximum Gasteiger partial charge on any atom is 4.00 e. The number of rotatable bonds is 0. The monoisotopic (exact) mass is 418 g/mol. The Morgan fingerprint density at radius 2 is 0.381 bits per heavy atom. The van der Waals surface area contributed by atoms with Crippen LogP contribution in [-0.4, -0.2) is 42.3 Å². The van der Waals surface area contributed by atoms with Crippen LogP contribution in [0.15, 0.2) is 0 Å². The van der Waals surface area contributed by atoms with Crippen molar-refractivity contribution in [2.24, 2.45) is 0 Å². The molecule has 0 heterocycles. The maximum atomic E-state index is 8.25. The fourth-order valence-electron chi connectivity index (χ4n) is 0. The largest absolute Gasteiger partial charge is 4.00 e. The molecule has 0 aromatic heterocycles. The first-order valence-corrected chi connectivity index (χ1v) is 2.19. The predicted octanol–water partition coefficient (Wildman–Crippen LogP) is -4.26. The van der Waals surface area contributed by atoms with Crippen LogP contribution in [0.5, 0.6) is 0 Å². The Bertz CT molecular complexity index is 160. The van der Waals surface area contributed by atoms with Crippen LogP contribution < -0.4 is 0 Å². The summed E-state index contributed by atoms with van der Waals surface area (Å²) in [6, 6.07) is 0. The van der Waals surface area contributed by atoms with Crippen LogP contribution >= 0.6 is 0 Å². The molecule has 0 aliphatic rings. The first-order valence-electron chi connectivity index (χ1n) is 2.19. The second-order valence-electron chi connectivity index (χ2n) is 0.894. The topological polar surface area (TPSA) is 391 Å². The third-order valence-corrected chi connectivity index (χ3v) is 0. The zero-order valence-electron chi connectivity index (χ0n) is 9.10. The van der Waals surface area contributed by atoms with Gasteiger partial charge in [0.05, 0.1) is 20.3 Å². The van der Waals surface area contributed by atoms with Gasteiger partial charge < -0.3 is 83.2 Å². The van der Waals surface area contributed by atoms with E-state index in [1.165, 1.54) is 0 Å². The molecule has 0 aromatic carbocycles.